The van der Waals surface area contributed by atoms with Crippen LogP contribution in [0.2, 0.25) is 5.02 Å². The Hall–Kier alpha value is -4.06. The Bertz CT molecular complexity index is 1590. The number of hydrogen-bond donors (Lipinski definition) is 1. The Balaban J connectivity index is 1.33. The Kier molecular flexibility index (Phi) is 11.8. The summed E-state index contributed by atoms with van der Waals surface area (Å²) in [5.41, 5.74) is 1.09. The van der Waals surface area contributed by atoms with Crippen molar-refractivity contribution in [1.82, 2.24) is 15.0 Å². The second-order valence-electron chi connectivity index (χ2n) is 13.2. The molecule has 9 nitrogen and oxygen atoms in total. The van der Waals surface area contributed by atoms with Crippen LogP contribution in [-0.4, -0.2) is 50.9 Å². The predicted octanol–water partition coefficient (Wildman–Crippen LogP) is 7.84. The fraction of sp³-hybridized carbons (Fsp3) is 0.486. The van der Waals surface area contributed by atoms with E-state index in [0.717, 1.165) is 24.0 Å². The van der Waals surface area contributed by atoms with E-state index in [-0.39, 0.29) is 49.0 Å². The molecule has 13 heteroatoms. The second-order valence-corrected chi connectivity index (χ2v) is 13.6. The Morgan fingerprint density at radius 3 is 2.19 bits per heavy atom. The first-order valence-electron chi connectivity index (χ1n) is 15.9. The number of carbonyl (C=O) groups is 3. The fourth-order valence-corrected chi connectivity index (χ4v) is 5.14. The van der Waals surface area contributed by atoms with E-state index in [1.54, 1.807) is 64.1 Å². The molecule has 0 radical (unpaired) electrons. The number of alkyl halides is 3. The van der Waals surface area contributed by atoms with E-state index in [4.69, 9.17) is 21.1 Å². The summed E-state index contributed by atoms with van der Waals surface area (Å²) in [6.07, 6.45) is -1.19. The highest BCUT2D eigenvalue weighted by Gasteiger charge is 2.45. The summed E-state index contributed by atoms with van der Waals surface area (Å²) in [6.45, 7) is 5.45. The minimum Gasteiger partial charge on any atom is -0.460 e. The third-order valence-corrected chi connectivity index (χ3v) is 7.87. The van der Waals surface area contributed by atoms with Crippen LogP contribution in [0.3, 0.4) is 0 Å². The molecule has 4 rings (SSSR count). The standard InChI is InChI=1S/C35H40ClF3N4O5/c1-22(30(46)48-33(2,3)4)19-27(44)7-5-6-8-28(45)24-11-9-23(10-12-24)20-29-40-31(42-32(41-29)47-21-35(37,38)39)43-34(17-18-34)25-13-15-26(36)16-14-25/h9-16,22H,5-8,17-21H2,1-4H3,(H,40,41,42,43)/t22-/m0/s1. The number of ether oxygens (including phenoxy) is 2. The molecule has 1 aliphatic rings. The molecule has 1 atom stereocenters. The quantitative estimate of drug-likeness (QED) is 0.0912. The maximum Gasteiger partial charge on any atom is 0.422 e. The molecule has 0 spiro atoms. The third-order valence-electron chi connectivity index (χ3n) is 7.61. The molecule has 0 amide bonds. The second kappa shape index (κ2) is 15.4. The summed E-state index contributed by atoms with van der Waals surface area (Å²) in [4.78, 5) is 49.9. The molecule has 0 bridgehead atoms. The van der Waals surface area contributed by atoms with Crippen molar-refractivity contribution in [2.45, 2.75) is 96.4 Å². The van der Waals surface area contributed by atoms with Gasteiger partial charge in [-0.15, -0.1) is 0 Å². The molecular weight excluding hydrogens is 649 g/mol. The number of carbonyl (C=O) groups excluding carboxylic acids is 3. The van der Waals surface area contributed by atoms with Crippen LogP contribution in [0, 0.1) is 5.92 Å². The number of hydrogen-bond acceptors (Lipinski definition) is 9. The number of rotatable bonds is 16. The van der Waals surface area contributed by atoms with Gasteiger partial charge in [0.1, 0.15) is 17.2 Å². The monoisotopic (exact) mass is 688 g/mol. The number of Topliss-reactive ketones (excluding diaryl/α,β-unsaturated/α-hetero) is 2. The van der Waals surface area contributed by atoms with Crippen molar-refractivity contribution in [2.75, 3.05) is 11.9 Å². The average molecular weight is 689 g/mol. The van der Waals surface area contributed by atoms with Crippen molar-refractivity contribution in [3.05, 3.63) is 76.1 Å². The van der Waals surface area contributed by atoms with Gasteiger partial charge in [0.05, 0.1) is 11.5 Å². The summed E-state index contributed by atoms with van der Waals surface area (Å²) in [5, 5.41) is 3.84. The smallest absolute Gasteiger partial charge is 0.422 e. The molecule has 1 N–H and O–H groups in total. The number of nitrogens with one attached hydrogen (secondary N) is 1. The zero-order valence-electron chi connectivity index (χ0n) is 27.5. The number of ketones is 2. The van der Waals surface area contributed by atoms with Crippen LogP contribution in [0.1, 0.15) is 99.9 Å². The molecule has 1 aliphatic carbocycles. The number of unbranched alkanes of at least 4 members (excludes halogenated alkanes) is 1. The van der Waals surface area contributed by atoms with Gasteiger partial charge in [0.15, 0.2) is 12.4 Å². The number of nitrogens with zero attached hydrogens (tertiary/aromatic N) is 3. The molecule has 1 heterocycles. The summed E-state index contributed by atoms with van der Waals surface area (Å²) < 4.78 is 48.9. The van der Waals surface area contributed by atoms with E-state index in [2.05, 4.69) is 20.3 Å². The Labute approximate surface area is 283 Å². The number of halogens is 4. The first-order valence-corrected chi connectivity index (χ1v) is 16.2. The molecule has 1 fully saturated rings. The van der Waals surface area contributed by atoms with Gasteiger partial charge in [0.25, 0.3) is 0 Å². The van der Waals surface area contributed by atoms with Gasteiger partial charge in [-0.2, -0.15) is 28.1 Å². The first kappa shape index (κ1) is 36.8. The van der Waals surface area contributed by atoms with Crippen molar-refractivity contribution in [3.63, 3.8) is 0 Å². The van der Waals surface area contributed by atoms with Crippen LogP contribution >= 0.6 is 11.6 Å². The van der Waals surface area contributed by atoms with Crippen LogP contribution in [0.5, 0.6) is 6.01 Å². The van der Waals surface area contributed by atoms with Crippen molar-refractivity contribution < 1.29 is 37.0 Å². The molecule has 2 aromatic carbocycles. The highest BCUT2D eigenvalue weighted by Crippen LogP contribution is 2.48. The SMILES string of the molecule is C[C@@H](CC(=O)CCCCC(=O)c1ccc(Cc2nc(NC3(c4ccc(Cl)cc4)CC3)nc(OCC(F)(F)F)n2)cc1)C(=O)OC(C)(C)C. The van der Waals surface area contributed by atoms with E-state index < -0.39 is 41.8 Å². The van der Waals surface area contributed by atoms with Crippen LogP contribution in [0.4, 0.5) is 19.1 Å². The minimum absolute atomic E-state index is 0.0499. The lowest BCUT2D eigenvalue weighted by Crippen LogP contribution is -2.28. The average Bonchev–Trinajstić information content (AvgIpc) is 3.78. The Morgan fingerprint density at radius 1 is 0.938 bits per heavy atom. The lowest BCUT2D eigenvalue weighted by Gasteiger charge is -2.22. The van der Waals surface area contributed by atoms with Crippen molar-refractivity contribution in [1.29, 1.82) is 0 Å². The lowest BCUT2D eigenvalue weighted by atomic mass is 9.99. The van der Waals surface area contributed by atoms with Crippen molar-refractivity contribution in [3.8, 4) is 6.01 Å². The number of esters is 1. The molecule has 0 unspecified atom stereocenters. The number of aromatic nitrogens is 3. The maximum absolute atomic E-state index is 12.9. The van der Waals surface area contributed by atoms with Crippen molar-refractivity contribution >= 4 is 35.1 Å². The predicted molar refractivity (Wildman–Crippen MR) is 174 cm³/mol. The summed E-state index contributed by atoms with van der Waals surface area (Å²) in [6, 6.07) is 13.7. The molecule has 1 saturated carbocycles. The van der Waals surface area contributed by atoms with E-state index in [1.165, 1.54) is 0 Å². The van der Waals surface area contributed by atoms with E-state index >= 15 is 0 Å². The van der Waals surface area contributed by atoms with Crippen LogP contribution < -0.4 is 10.1 Å². The van der Waals surface area contributed by atoms with E-state index in [9.17, 15) is 27.6 Å². The maximum atomic E-state index is 12.9. The van der Waals surface area contributed by atoms with Gasteiger partial charge < -0.3 is 14.8 Å². The van der Waals surface area contributed by atoms with Gasteiger partial charge >= 0.3 is 18.2 Å². The minimum atomic E-state index is -4.57. The Morgan fingerprint density at radius 2 is 1.58 bits per heavy atom. The van der Waals surface area contributed by atoms with E-state index in [1.807, 2.05) is 12.1 Å². The molecule has 3 aromatic rings. The van der Waals surface area contributed by atoms with Gasteiger partial charge in [-0.25, -0.2) is 0 Å². The van der Waals surface area contributed by atoms with Crippen molar-refractivity contribution in [2.24, 2.45) is 5.92 Å². The zero-order chi connectivity index (χ0) is 35.1. The molecule has 1 aromatic heterocycles. The van der Waals surface area contributed by atoms with Gasteiger partial charge in [0.2, 0.25) is 5.95 Å². The summed E-state index contributed by atoms with van der Waals surface area (Å²) in [7, 11) is 0. The van der Waals surface area contributed by atoms with Crippen LogP contribution in [0.25, 0.3) is 0 Å². The van der Waals surface area contributed by atoms with Gasteiger partial charge in [-0.3, -0.25) is 14.4 Å². The first-order chi connectivity index (χ1) is 22.5. The molecule has 0 saturated heterocycles. The van der Waals surface area contributed by atoms with Crippen LogP contribution in [-0.2, 0) is 26.3 Å². The molecule has 258 valence electrons. The lowest BCUT2D eigenvalue weighted by molar-refractivity contribution is -0.160. The van der Waals surface area contributed by atoms with E-state index in [0.29, 0.717) is 23.4 Å². The summed E-state index contributed by atoms with van der Waals surface area (Å²) >= 11 is 6.03. The van der Waals surface area contributed by atoms with Gasteiger partial charge in [0, 0.05) is 36.3 Å². The normalized spacial score (nSPS) is 14.6. The van der Waals surface area contributed by atoms with Gasteiger partial charge in [-0.05, 0) is 69.7 Å². The highest BCUT2D eigenvalue weighted by molar-refractivity contribution is 6.30. The molecular formula is C35H40ClF3N4O5. The third kappa shape index (κ3) is 11.6. The zero-order valence-corrected chi connectivity index (χ0v) is 28.2. The number of anilines is 1. The fourth-order valence-electron chi connectivity index (χ4n) is 5.01. The molecule has 48 heavy (non-hydrogen) atoms. The van der Waals surface area contributed by atoms with Crippen LogP contribution in [0.15, 0.2) is 48.5 Å². The molecule has 0 aliphatic heterocycles. The number of benzene rings is 2. The summed E-state index contributed by atoms with van der Waals surface area (Å²) in [5.74, 6) is -0.775. The highest BCUT2D eigenvalue weighted by atomic mass is 35.5. The van der Waals surface area contributed by atoms with Gasteiger partial charge in [-0.1, -0.05) is 54.9 Å². The topological polar surface area (TPSA) is 120 Å². The largest absolute Gasteiger partial charge is 0.460 e.